The largest absolute Gasteiger partial charge is 0.480 e. The van der Waals surface area contributed by atoms with E-state index in [0.717, 1.165) is 45.2 Å². The first-order valence-electron chi connectivity index (χ1n) is 9.95. The molecule has 3 rings (SSSR count). The number of aliphatic carboxylic acids is 1. The number of carboxylic acid groups (broad SMARTS) is 1. The summed E-state index contributed by atoms with van der Waals surface area (Å²) >= 11 is 0. The van der Waals surface area contributed by atoms with Crippen molar-refractivity contribution in [1.82, 2.24) is 15.1 Å². The Hall–Kier alpha value is -1.63. The number of amides is 1. The van der Waals surface area contributed by atoms with Gasteiger partial charge in [0.25, 0.3) is 0 Å². The fourth-order valence-electron chi connectivity index (χ4n) is 4.12. The second kappa shape index (κ2) is 10.2. The first kappa shape index (κ1) is 22.7. The molecule has 1 aromatic rings. The molecule has 0 aromatic heterocycles. The highest BCUT2D eigenvalue weighted by molar-refractivity contribution is 5.85. The van der Waals surface area contributed by atoms with Crippen LogP contribution in [0.2, 0.25) is 0 Å². The Kier molecular flexibility index (Phi) is 8.28. The lowest BCUT2D eigenvalue weighted by molar-refractivity contribution is -0.138. The summed E-state index contributed by atoms with van der Waals surface area (Å²) in [6.45, 7) is 2.96. The Bertz CT molecular complexity index is 652. The van der Waals surface area contributed by atoms with E-state index in [1.807, 2.05) is 18.0 Å². The number of rotatable bonds is 8. The third-order valence-electron chi connectivity index (χ3n) is 6.03. The molecule has 6 nitrogen and oxygen atoms in total. The van der Waals surface area contributed by atoms with Crippen molar-refractivity contribution in [2.75, 3.05) is 39.8 Å². The summed E-state index contributed by atoms with van der Waals surface area (Å²) in [5.74, 6) is -0.694. The highest BCUT2D eigenvalue weighted by Crippen LogP contribution is 2.47. The summed E-state index contributed by atoms with van der Waals surface area (Å²) in [6.07, 6.45) is 5.16. The maximum Gasteiger partial charge on any atom is 0.317 e. The molecule has 1 aliphatic heterocycles. The van der Waals surface area contributed by atoms with Crippen LogP contribution in [0.1, 0.15) is 37.7 Å². The smallest absolute Gasteiger partial charge is 0.317 e. The highest BCUT2D eigenvalue weighted by atomic mass is 35.5. The van der Waals surface area contributed by atoms with E-state index in [1.165, 1.54) is 5.56 Å². The molecule has 28 heavy (non-hydrogen) atoms. The van der Waals surface area contributed by atoms with E-state index >= 15 is 0 Å². The molecule has 1 aliphatic carbocycles. The van der Waals surface area contributed by atoms with Crippen molar-refractivity contribution in [2.45, 2.75) is 43.6 Å². The molecule has 1 atom stereocenters. The molecule has 1 saturated carbocycles. The monoisotopic (exact) mass is 409 g/mol. The standard InChI is InChI=1S/C21H31N3O3.ClH/c1-23(15-20(26)27)18-8-5-12-24(13-9-18)14-19(25)22-16-21(10-11-21)17-6-3-2-4-7-17;/h2-4,6-7,18H,5,8-16H2,1H3,(H,22,25)(H,26,27);1H. The van der Waals surface area contributed by atoms with E-state index in [0.29, 0.717) is 13.1 Å². The molecule has 2 fully saturated rings. The van der Waals surface area contributed by atoms with Gasteiger partial charge in [0.15, 0.2) is 0 Å². The highest BCUT2D eigenvalue weighted by Gasteiger charge is 2.44. The molecule has 1 amide bonds. The summed E-state index contributed by atoms with van der Waals surface area (Å²) in [5, 5.41) is 12.1. The zero-order valence-electron chi connectivity index (χ0n) is 16.6. The van der Waals surface area contributed by atoms with E-state index in [2.05, 4.69) is 34.5 Å². The summed E-state index contributed by atoms with van der Waals surface area (Å²) in [6, 6.07) is 10.7. The number of carbonyl (C=O) groups excluding carboxylic acids is 1. The summed E-state index contributed by atoms with van der Waals surface area (Å²) in [5.41, 5.74) is 1.46. The van der Waals surface area contributed by atoms with E-state index in [9.17, 15) is 9.59 Å². The Morgan fingerprint density at radius 2 is 1.93 bits per heavy atom. The molecule has 2 N–H and O–H groups in total. The molecule has 1 unspecified atom stereocenters. The van der Waals surface area contributed by atoms with Crippen molar-refractivity contribution < 1.29 is 14.7 Å². The van der Waals surface area contributed by atoms with Crippen LogP contribution in [0.3, 0.4) is 0 Å². The van der Waals surface area contributed by atoms with Crippen molar-refractivity contribution in [3.8, 4) is 0 Å². The van der Waals surface area contributed by atoms with Gasteiger partial charge in [-0.05, 0) is 51.3 Å². The molecule has 156 valence electrons. The quantitative estimate of drug-likeness (QED) is 0.688. The van der Waals surface area contributed by atoms with Crippen LogP contribution < -0.4 is 5.32 Å². The van der Waals surface area contributed by atoms with E-state index in [4.69, 9.17) is 5.11 Å². The number of carboxylic acids is 1. The molecule has 2 aliphatic rings. The third kappa shape index (κ3) is 6.19. The number of benzene rings is 1. The van der Waals surface area contributed by atoms with Gasteiger partial charge in [0, 0.05) is 24.5 Å². The normalized spacial score (nSPS) is 21.4. The van der Waals surface area contributed by atoms with Gasteiger partial charge in [0.2, 0.25) is 5.91 Å². The van der Waals surface area contributed by atoms with Gasteiger partial charge in [-0.1, -0.05) is 30.3 Å². The van der Waals surface area contributed by atoms with Gasteiger partial charge in [-0.15, -0.1) is 12.4 Å². The summed E-state index contributed by atoms with van der Waals surface area (Å²) in [7, 11) is 1.87. The van der Waals surface area contributed by atoms with Crippen LogP contribution in [0.4, 0.5) is 0 Å². The molecule has 1 aromatic carbocycles. The summed E-state index contributed by atoms with van der Waals surface area (Å²) < 4.78 is 0. The molecule has 0 radical (unpaired) electrons. The number of halogens is 1. The van der Waals surface area contributed by atoms with Crippen molar-refractivity contribution in [2.24, 2.45) is 0 Å². The minimum Gasteiger partial charge on any atom is -0.480 e. The van der Waals surface area contributed by atoms with Crippen LogP contribution in [0.15, 0.2) is 30.3 Å². The number of hydrogen-bond acceptors (Lipinski definition) is 4. The van der Waals surface area contributed by atoms with Crippen molar-refractivity contribution in [1.29, 1.82) is 0 Å². The van der Waals surface area contributed by atoms with Gasteiger partial charge in [-0.3, -0.25) is 19.4 Å². The lowest BCUT2D eigenvalue weighted by Gasteiger charge is -2.25. The first-order chi connectivity index (χ1) is 13.0. The molecule has 0 spiro atoms. The van der Waals surface area contributed by atoms with Crippen molar-refractivity contribution in [3.63, 3.8) is 0 Å². The van der Waals surface area contributed by atoms with Gasteiger partial charge < -0.3 is 10.4 Å². The second-order valence-electron chi connectivity index (χ2n) is 8.09. The zero-order chi connectivity index (χ0) is 19.3. The zero-order valence-corrected chi connectivity index (χ0v) is 17.4. The van der Waals surface area contributed by atoms with E-state index in [1.54, 1.807) is 0 Å². The SMILES string of the molecule is CN(CC(=O)O)C1CCCN(CC(=O)NCC2(c3ccccc3)CC2)CC1.Cl. The third-order valence-corrected chi connectivity index (χ3v) is 6.03. The van der Waals surface area contributed by atoms with E-state index < -0.39 is 5.97 Å². The average molecular weight is 410 g/mol. The van der Waals surface area contributed by atoms with Crippen LogP contribution >= 0.6 is 12.4 Å². The number of likely N-dealkylation sites (N-methyl/N-ethyl adjacent to an activating group) is 1. The topological polar surface area (TPSA) is 72.9 Å². The Balaban J connectivity index is 0.00000280. The molecule has 0 bridgehead atoms. The van der Waals surface area contributed by atoms with Crippen LogP contribution in [0, 0.1) is 0 Å². The number of hydrogen-bond donors (Lipinski definition) is 2. The fraction of sp³-hybridized carbons (Fsp3) is 0.619. The lowest BCUT2D eigenvalue weighted by atomic mass is 9.96. The van der Waals surface area contributed by atoms with Gasteiger partial charge in [0.05, 0.1) is 13.1 Å². The predicted molar refractivity (Wildman–Crippen MR) is 112 cm³/mol. The van der Waals surface area contributed by atoms with Gasteiger partial charge >= 0.3 is 5.97 Å². The fourth-order valence-corrected chi connectivity index (χ4v) is 4.12. The first-order valence-corrected chi connectivity index (χ1v) is 9.95. The van der Waals surface area contributed by atoms with Crippen LogP contribution in [0.5, 0.6) is 0 Å². The predicted octanol–water partition coefficient (Wildman–Crippen LogP) is 2.13. The number of nitrogens with one attached hydrogen (secondary N) is 1. The van der Waals surface area contributed by atoms with Gasteiger partial charge in [-0.2, -0.15) is 0 Å². The lowest BCUT2D eigenvalue weighted by Crippen LogP contribution is -2.41. The van der Waals surface area contributed by atoms with Crippen LogP contribution in [-0.2, 0) is 15.0 Å². The summed E-state index contributed by atoms with van der Waals surface area (Å²) in [4.78, 5) is 27.5. The van der Waals surface area contributed by atoms with Gasteiger partial charge in [0.1, 0.15) is 0 Å². The van der Waals surface area contributed by atoms with Gasteiger partial charge in [-0.25, -0.2) is 0 Å². The number of likely N-dealkylation sites (tertiary alicyclic amines) is 1. The maximum absolute atomic E-state index is 12.4. The molecular formula is C21H32ClN3O3. The average Bonchev–Trinajstić information content (AvgIpc) is 3.45. The molecule has 7 heteroatoms. The molecule has 1 saturated heterocycles. The van der Waals surface area contributed by atoms with Crippen LogP contribution in [-0.4, -0.2) is 72.6 Å². The van der Waals surface area contributed by atoms with Crippen molar-refractivity contribution >= 4 is 24.3 Å². The maximum atomic E-state index is 12.4. The number of carbonyl (C=O) groups is 2. The van der Waals surface area contributed by atoms with Crippen LogP contribution in [0.25, 0.3) is 0 Å². The Labute approximate surface area is 173 Å². The minimum atomic E-state index is -0.787. The van der Waals surface area contributed by atoms with Crippen molar-refractivity contribution in [3.05, 3.63) is 35.9 Å². The molecular weight excluding hydrogens is 378 g/mol. The Morgan fingerprint density at radius 3 is 2.57 bits per heavy atom. The number of nitrogens with zero attached hydrogens (tertiary/aromatic N) is 2. The van der Waals surface area contributed by atoms with E-state index in [-0.39, 0.29) is 36.3 Å². The second-order valence-corrected chi connectivity index (χ2v) is 8.09. The Morgan fingerprint density at radius 1 is 1.21 bits per heavy atom. The molecule has 1 heterocycles. The minimum absolute atomic E-state index is 0.